The standard InChI is InChI=1S/C22H21ClN4O3S/c1-14-10-15(2)27-22(26-14)18(13-24-27)16-8-9-20(30-3)21(11-16)31(28,29)25-12-17-6-4-5-7-19(17)23/h4-11,13,25H,12H2,1-3H3. The molecule has 0 bridgehead atoms. The smallest absolute Gasteiger partial charge is 0.244 e. The summed E-state index contributed by atoms with van der Waals surface area (Å²) in [6, 6.07) is 14.0. The Morgan fingerprint density at radius 1 is 1.13 bits per heavy atom. The molecule has 0 aliphatic heterocycles. The van der Waals surface area contributed by atoms with E-state index in [9.17, 15) is 8.42 Å². The number of fused-ring (bicyclic) bond motifs is 1. The van der Waals surface area contributed by atoms with Crippen LogP contribution in [0.25, 0.3) is 16.8 Å². The maximum Gasteiger partial charge on any atom is 0.244 e. The first-order chi connectivity index (χ1) is 14.8. The molecule has 0 aliphatic carbocycles. The van der Waals surface area contributed by atoms with Crippen molar-refractivity contribution in [1.29, 1.82) is 0 Å². The van der Waals surface area contributed by atoms with Crippen LogP contribution in [-0.4, -0.2) is 30.1 Å². The molecule has 160 valence electrons. The molecular formula is C22H21ClN4O3S. The summed E-state index contributed by atoms with van der Waals surface area (Å²) in [5.41, 5.74) is 4.55. The Bertz CT molecular complexity index is 1380. The predicted molar refractivity (Wildman–Crippen MR) is 120 cm³/mol. The van der Waals surface area contributed by atoms with E-state index in [2.05, 4.69) is 14.8 Å². The number of rotatable bonds is 6. The van der Waals surface area contributed by atoms with E-state index in [0.29, 0.717) is 21.8 Å². The molecule has 2 heterocycles. The van der Waals surface area contributed by atoms with Crippen LogP contribution in [0.1, 0.15) is 17.0 Å². The number of sulfonamides is 1. The SMILES string of the molecule is COc1ccc(-c2cnn3c(C)cc(C)nc23)cc1S(=O)(=O)NCc1ccccc1Cl. The number of methoxy groups -OCH3 is 1. The van der Waals surface area contributed by atoms with Crippen molar-refractivity contribution in [2.24, 2.45) is 0 Å². The number of benzene rings is 2. The van der Waals surface area contributed by atoms with Crippen molar-refractivity contribution in [3.8, 4) is 16.9 Å². The molecule has 0 saturated heterocycles. The predicted octanol–water partition coefficient (Wildman–Crippen LogP) is 4.15. The van der Waals surface area contributed by atoms with Crippen molar-refractivity contribution < 1.29 is 13.2 Å². The first kappa shape index (κ1) is 21.3. The average molecular weight is 457 g/mol. The molecule has 0 atom stereocenters. The number of hydrogen-bond donors (Lipinski definition) is 1. The van der Waals surface area contributed by atoms with Crippen LogP contribution in [0, 0.1) is 13.8 Å². The average Bonchev–Trinajstić information content (AvgIpc) is 3.17. The molecule has 0 amide bonds. The van der Waals surface area contributed by atoms with E-state index >= 15 is 0 Å². The minimum Gasteiger partial charge on any atom is -0.495 e. The third-order valence-electron chi connectivity index (χ3n) is 4.95. The second-order valence-corrected chi connectivity index (χ2v) is 9.26. The molecule has 4 aromatic rings. The lowest BCUT2D eigenvalue weighted by Crippen LogP contribution is -2.24. The number of nitrogens with zero attached hydrogens (tertiary/aromatic N) is 3. The summed E-state index contributed by atoms with van der Waals surface area (Å²) in [7, 11) is -2.45. The maximum atomic E-state index is 13.1. The topological polar surface area (TPSA) is 85.6 Å². The number of aromatic nitrogens is 3. The monoisotopic (exact) mass is 456 g/mol. The van der Waals surface area contributed by atoms with Gasteiger partial charge in [-0.25, -0.2) is 22.6 Å². The number of nitrogens with one attached hydrogen (secondary N) is 1. The zero-order valence-electron chi connectivity index (χ0n) is 17.3. The maximum absolute atomic E-state index is 13.1. The molecule has 0 radical (unpaired) electrons. The van der Waals surface area contributed by atoms with Crippen molar-refractivity contribution in [3.63, 3.8) is 0 Å². The van der Waals surface area contributed by atoms with E-state index < -0.39 is 10.0 Å². The zero-order valence-corrected chi connectivity index (χ0v) is 18.8. The van der Waals surface area contributed by atoms with Gasteiger partial charge in [0.2, 0.25) is 10.0 Å². The van der Waals surface area contributed by atoms with Gasteiger partial charge in [-0.2, -0.15) is 5.10 Å². The number of ether oxygens (including phenoxy) is 1. The van der Waals surface area contributed by atoms with Gasteiger partial charge in [0.1, 0.15) is 10.6 Å². The largest absolute Gasteiger partial charge is 0.495 e. The molecule has 0 aliphatic rings. The van der Waals surface area contributed by atoms with Crippen molar-refractivity contribution in [2.75, 3.05) is 7.11 Å². The molecule has 2 aromatic carbocycles. The minimum atomic E-state index is -3.88. The Labute approximate surface area is 185 Å². The molecule has 0 unspecified atom stereocenters. The van der Waals surface area contributed by atoms with Gasteiger partial charge in [-0.15, -0.1) is 0 Å². The lowest BCUT2D eigenvalue weighted by molar-refractivity contribution is 0.402. The fourth-order valence-corrected chi connectivity index (χ4v) is 4.82. The lowest BCUT2D eigenvalue weighted by atomic mass is 10.1. The van der Waals surface area contributed by atoms with E-state index in [-0.39, 0.29) is 17.2 Å². The van der Waals surface area contributed by atoms with E-state index in [0.717, 1.165) is 17.0 Å². The minimum absolute atomic E-state index is 0.0308. The highest BCUT2D eigenvalue weighted by atomic mass is 35.5. The highest BCUT2D eigenvalue weighted by Crippen LogP contribution is 2.32. The van der Waals surface area contributed by atoms with Crippen molar-refractivity contribution in [1.82, 2.24) is 19.3 Å². The second kappa shape index (κ2) is 8.30. The molecule has 31 heavy (non-hydrogen) atoms. The fourth-order valence-electron chi connectivity index (χ4n) is 3.42. The summed E-state index contributed by atoms with van der Waals surface area (Å²) >= 11 is 6.16. The van der Waals surface area contributed by atoms with E-state index in [1.54, 1.807) is 53.2 Å². The van der Waals surface area contributed by atoms with Gasteiger partial charge in [0, 0.05) is 28.5 Å². The Kier molecular flexibility index (Phi) is 5.70. The molecule has 0 fully saturated rings. The number of halogens is 1. The van der Waals surface area contributed by atoms with Crippen molar-refractivity contribution in [2.45, 2.75) is 25.3 Å². The molecule has 2 aromatic heterocycles. The summed E-state index contributed by atoms with van der Waals surface area (Å²) in [6.07, 6.45) is 1.68. The second-order valence-electron chi connectivity index (χ2n) is 7.11. The summed E-state index contributed by atoms with van der Waals surface area (Å²) in [5, 5.41) is 4.89. The fraction of sp³-hybridized carbons (Fsp3) is 0.182. The van der Waals surface area contributed by atoms with Crippen LogP contribution in [0.5, 0.6) is 5.75 Å². The summed E-state index contributed by atoms with van der Waals surface area (Å²) in [6.45, 7) is 3.92. The lowest BCUT2D eigenvalue weighted by Gasteiger charge is -2.13. The van der Waals surface area contributed by atoms with Crippen LogP contribution in [0.15, 0.2) is 59.6 Å². The normalized spacial score (nSPS) is 11.7. The first-order valence-electron chi connectivity index (χ1n) is 9.53. The van der Waals surface area contributed by atoms with Gasteiger partial charge in [0.15, 0.2) is 5.65 Å². The van der Waals surface area contributed by atoms with Gasteiger partial charge < -0.3 is 4.74 Å². The quantitative estimate of drug-likeness (QED) is 0.471. The van der Waals surface area contributed by atoms with Crippen molar-refractivity contribution in [3.05, 3.63) is 76.7 Å². The van der Waals surface area contributed by atoms with Crippen LogP contribution in [-0.2, 0) is 16.6 Å². The first-order valence-corrected chi connectivity index (χ1v) is 11.4. The molecule has 0 saturated carbocycles. The highest BCUT2D eigenvalue weighted by Gasteiger charge is 2.22. The van der Waals surface area contributed by atoms with Gasteiger partial charge in [-0.1, -0.05) is 35.9 Å². The summed E-state index contributed by atoms with van der Waals surface area (Å²) < 4.78 is 35.9. The van der Waals surface area contributed by atoms with Gasteiger partial charge in [-0.3, -0.25) is 0 Å². The van der Waals surface area contributed by atoms with Gasteiger partial charge in [-0.05, 0) is 49.2 Å². The Morgan fingerprint density at radius 2 is 1.90 bits per heavy atom. The van der Waals surface area contributed by atoms with Crippen LogP contribution in [0.2, 0.25) is 5.02 Å². The summed E-state index contributed by atoms with van der Waals surface area (Å²) in [5.74, 6) is 0.243. The van der Waals surface area contributed by atoms with E-state index in [1.807, 2.05) is 19.9 Å². The summed E-state index contributed by atoms with van der Waals surface area (Å²) in [4.78, 5) is 4.61. The van der Waals surface area contributed by atoms with Crippen LogP contribution < -0.4 is 9.46 Å². The molecule has 4 rings (SSSR count). The van der Waals surface area contributed by atoms with Crippen LogP contribution in [0.4, 0.5) is 0 Å². The molecule has 9 heteroatoms. The third kappa shape index (κ3) is 4.14. The highest BCUT2D eigenvalue weighted by molar-refractivity contribution is 7.89. The van der Waals surface area contributed by atoms with E-state index in [4.69, 9.17) is 16.3 Å². The van der Waals surface area contributed by atoms with Crippen LogP contribution >= 0.6 is 11.6 Å². The Morgan fingerprint density at radius 3 is 2.65 bits per heavy atom. The van der Waals surface area contributed by atoms with E-state index in [1.165, 1.54) is 7.11 Å². The zero-order chi connectivity index (χ0) is 22.2. The molecular weight excluding hydrogens is 436 g/mol. The van der Waals surface area contributed by atoms with Gasteiger partial charge >= 0.3 is 0 Å². The number of hydrogen-bond acceptors (Lipinski definition) is 5. The Hall–Kier alpha value is -2.94. The van der Waals surface area contributed by atoms with Crippen molar-refractivity contribution >= 4 is 27.3 Å². The third-order valence-corrected chi connectivity index (χ3v) is 6.74. The molecule has 7 nitrogen and oxygen atoms in total. The van der Waals surface area contributed by atoms with Gasteiger partial charge in [0.05, 0.1) is 13.3 Å². The van der Waals surface area contributed by atoms with Gasteiger partial charge in [0.25, 0.3) is 0 Å². The van der Waals surface area contributed by atoms with Crippen LogP contribution in [0.3, 0.4) is 0 Å². The Balaban J connectivity index is 1.75. The number of aryl methyl sites for hydroxylation is 2. The molecule has 1 N–H and O–H groups in total. The molecule has 0 spiro atoms.